The van der Waals surface area contributed by atoms with Crippen molar-refractivity contribution in [2.45, 2.75) is 25.2 Å². The van der Waals surface area contributed by atoms with E-state index in [1.165, 1.54) is 27.8 Å². The van der Waals surface area contributed by atoms with Crippen LogP contribution >= 0.6 is 0 Å². The number of Topliss-reactive ketones (excluding diaryl/α,β-unsaturated/α-hetero) is 1. The molecule has 5 rings (SSSR count). The van der Waals surface area contributed by atoms with Crippen LogP contribution in [-0.4, -0.2) is 5.78 Å². The van der Waals surface area contributed by atoms with Gasteiger partial charge >= 0.3 is 0 Å². The van der Waals surface area contributed by atoms with Gasteiger partial charge in [0.15, 0.2) is 5.78 Å². The van der Waals surface area contributed by atoms with Crippen LogP contribution in [0.25, 0.3) is 11.1 Å². The van der Waals surface area contributed by atoms with E-state index in [4.69, 9.17) is 0 Å². The zero-order valence-electron chi connectivity index (χ0n) is 14.1. The van der Waals surface area contributed by atoms with E-state index in [1.807, 2.05) is 18.2 Å². The van der Waals surface area contributed by atoms with Gasteiger partial charge in [-0.3, -0.25) is 4.79 Å². The van der Waals surface area contributed by atoms with Gasteiger partial charge in [-0.25, -0.2) is 0 Å². The Labute approximate surface area is 148 Å². The van der Waals surface area contributed by atoms with Crippen LogP contribution in [0.4, 0.5) is 0 Å². The van der Waals surface area contributed by atoms with Crippen LogP contribution < -0.4 is 0 Å². The minimum atomic E-state index is 0.124. The van der Waals surface area contributed by atoms with Crippen molar-refractivity contribution in [2.75, 3.05) is 0 Å². The van der Waals surface area contributed by atoms with Crippen LogP contribution in [0, 0.1) is 5.92 Å². The van der Waals surface area contributed by atoms with Gasteiger partial charge in [0.1, 0.15) is 0 Å². The first-order chi connectivity index (χ1) is 12.3. The Balaban J connectivity index is 1.52. The Kier molecular flexibility index (Phi) is 3.34. The smallest absolute Gasteiger partial charge is 0.166 e. The molecular weight excluding hydrogens is 304 g/mol. The molecule has 0 radical (unpaired) electrons. The predicted molar refractivity (Wildman–Crippen MR) is 101 cm³/mol. The molecule has 122 valence electrons. The van der Waals surface area contributed by atoms with Gasteiger partial charge in [-0.15, -0.1) is 0 Å². The van der Waals surface area contributed by atoms with Crippen LogP contribution in [0.1, 0.15) is 45.8 Å². The highest BCUT2D eigenvalue weighted by atomic mass is 16.1. The predicted octanol–water partition coefficient (Wildman–Crippen LogP) is 5.63. The normalized spacial score (nSPS) is 18.6. The summed E-state index contributed by atoms with van der Waals surface area (Å²) in [6.45, 7) is 0. The average Bonchev–Trinajstić information content (AvgIpc) is 2.98. The highest BCUT2D eigenvalue weighted by molar-refractivity contribution is 6.00. The summed E-state index contributed by atoms with van der Waals surface area (Å²) in [7, 11) is 0. The minimum Gasteiger partial charge on any atom is -0.294 e. The molecule has 1 nitrogen and oxygen atoms in total. The fraction of sp³-hybridized carbons (Fsp3) is 0.208. The highest BCUT2D eigenvalue weighted by Gasteiger charge is 2.34. The quantitative estimate of drug-likeness (QED) is 0.596. The van der Waals surface area contributed by atoms with E-state index in [1.54, 1.807) is 0 Å². The summed E-state index contributed by atoms with van der Waals surface area (Å²) < 4.78 is 0. The fourth-order valence-corrected chi connectivity index (χ4v) is 4.68. The summed E-state index contributed by atoms with van der Waals surface area (Å²) >= 11 is 0. The molecule has 2 aliphatic carbocycles. The van der Waals surface area contributed by atoms with E-state index in [-0.39, 0.29) is 5.92 Å². The second-order valence-electron chi connectivity index (χ2n) is 7.22. The molecule has 0 saturated heterocycles. The van der Waals surface area contributed by atoms with E-state index < -0.39 is 0 Å². The Morgan fingerprint density at radius 1 is 0.720 bits per heavy atom. The van der Waals surface area contributed by atoms with Crippen LogP contribution in [-0.2, 0) is 6.42 Å². The molecule has 0 N–H and O–H groups in total. The molecule has 0 saturated carbocycles. The van der Waals surface area contributed by atoms with E-state index in [0.717, 1.165) is 24.8 Å². The van der Waals surface area contributed by atoms with Crippen molar-refractivity contribution in [3.05, 3.63) is 95.1 Å². The molecule has 0 heterocycles. The topological polar surface area (TPSA) is 17.1 Å². The maximum Gasteiger partial charge on any atom is 0.166 e. The fourth-order valence-electron chi connectivity index (χ4n) is 4.68. The monoisotopic (exact) mass is 324 g/mol. The van der Waals surface area contributed by atoms with E-state index in [9.17, 15) is 4.79 Å². The third kappa shape index (κ3) is 2.26. The molecule has 1 unspecified atom stereocenters. The lowest BCUT2D eigenvalue weighted by Crippen LogP contribution is -2.24. The van der Waals surface area contributed by atoms with Crippen molar-refractivity contribution in [2.24, 2.45) is 5.92 Å². The lowest BCUT2D eigenvalue weighted by molar-refractivity contribution is 0.0891. The molecule has 0 aliphatic heterocycles. The van der Waals surface area contributed by atoms with E-state index in [2.05, 4.69) is 54.6 Å². The summed E-state index contributed by atoms with van der Waals surface area (Å²) in [6, 6.07) is 25.5. The molecule has 0 fully saturated rings. The molecule has 1 atom stereocenters. The van der Waals surface area contributed by atoms with Crippen molar-refractivity contribution in [3.63, 3.8) is 0 Å². The Morgan fingerprint density at radius 2 is 1.28 bits per heavy atom. The highest BCUT2D eigenvalue weighted by Crippen LogP contribution is 2.48. The van der Waals surface area contributed by atoms with Gasteiger partial charge in [0, 0.05) is 17.4 Å². The van der Waals surface area contributed by atoms with Crippen LogP contribution in [0.3, 0.4) is 0 Å². The van der Waals surface area contributed by atoms with Gasteiger partial charge in [0.25, 0.3) is 0 Å². The second kappa shape index (κ2) is 5.70. The summed E-state index contributed by atoms with van der Waals surface area (Å²) in [5.41, 5.74) is 7.61. The van der Waals surface area contributed by atoms with Crippen LogP contribution in [0.15, 0.2) is 72.8 Å². The molecule has 0 amide bonds. The molecular formula is C24H20O. The first kappa shape index (κ1) is 14.7. The van der Waals surface area contributed by atoms with Crippen molar-refractivity contribution in [1.82, 2.24) is 0 Å². The standard InChI is InChI=1S/C24H20O/c25-24-17(14-13-16-7-1-2-8-18(16)24)15-23-21-11-5-3-9-19(21)20-10-4-6-12-22(20)23/h1-12,17,23H,13-15H2. The number of aryl methyl sites for hydroxylation is 1. The summed E-state index contributed by atoms with van der Waals surface area (Å²) in [5, 5.41) is 0. The largest absolute Gasteiger partial charge is 0.294 e. The zero-order valence-corrected chi connectivity index (χ0v) is 14.1. The number of fused-ring (bicyclic) bond motifs is 4. The number of benzene rings is 3. The minimum absolute atomic E-state index is 0.124. The Morgan fingerprint density at radius 3 is 1.96 bits per heavy atom. The molecule has 0 spiro atoms. The van der Waals surface area contributed by atoms with E-state index >= 15 is 0 Å². The lowest BCUT2D eigenvalue weighted by Gasteiger charge is -2.26. The second-order valence-corrected chi connectivity index (χ2v) is 7.22. The summed E-state index contributed by atoms with van der Waals surface area (Å²) in [4.78, 5) is 13.0. The SMILES string of the molecule is O=C1c2ccccc2CCC1CC1c2ccccc2-c2ccccc21. The maximum absolute atomic E-state index is 13.0. The molecule has 25 heavy (non-hydrogen) atoms. The number of ketones is 1. The van der Waals surface area contributed by atoms with Crippen molar-refractivity contribution < 1.29 is 4.79 Å². The first-order valence-corrected chi connectivity index (χ1v) is 9.13. The lowest BCUT2D eigenvalue weighted by atomic mass is 9.76. The van der Waals surface area contributed by atoms with Crippen molar-refractivity contribution >= 4 is 5.78 Å². The third-order valence-corrected chi connectivity index (χ3v) is 5.90. The molecule has 1 heteroatoms. The molecule has 3 aromatic carbocycles. The Hall–Kier alpha value is -2.67. The number of carbonyl (C=O) groups excluding carboxylic acids is 1. The average molecular weight is 324 g/mol. The number of hydrogen-bond donors (Lipinski definition) is 0. The van der Waals surface area contributed by atoms with Gasteiger partial charge in [0.05, 0.1) is 0 Å². The number of carbonyl (C=O) groups is 1. The molecule has 3 aromatic rings. The van der Waals surface area contributed by atoms with Gasteiger partial charge in [0.2, 0.25) is 0 Å². The van der Waals surface area contributed by atoms with Gasteiger partial charge in [-0.1, -0.05) is 72.8 Å². The molecule has 2 aliphatic rings. The van der Waals surface area contributed by atoms with Crippen LogP contribution in [0.2, 0.25) is 0 Å². The van der Waals surface area contributed by atoms with Crippen molar-refractivity contribution in [1.29, 1.82) is 0 Å². The Bertz CT molecular complexity index is 924. The third-order valence-electron chi connectivity index (χ3n) is 5.90. The zero-order chi connectivity index (χ0) is 16.8. The van der Waals surface area contributed by atoms with Gasteiger partial charge in [-0.05, 0) is 47.1 Å². The van der Waals surface area contributed by atoms with Crippen LogP contribution in [0.5, 0.6) is 0 Å². The van der Waals surface area contributed by atoms with Crippen molar-refractivity contribution in [3.8, 4) is 11.1 Å². The van der Waals surface area contributed by atoms with Gasteiger partial charge in [-0.2, -0.15) is 0 Å². The summed E-state index contributed by atoms with van der Waals surface area (Å²) in [5.74, 6) is 0.800. The first-order valence-electron chi connectivity index (χ1n) is 9.13. The number of hydrogen-bond acceptors (Lipinski definition) is 1. The molecule has 0 bridgehead atoms. The summed E-state index contributed by atoms with van der Waals surface area (Å²) in [6.07, 6.45) is 2.90. The van der Waals surface area contributed by atoms with E-state index in [0.29, 0.717) is 11.7 Å². The van der Waals surface area contributed by atoms with Gasteiger partial charge < -0.3 is 0 Å². The number of rotatable bonds is 2. The maximum atomic E-state index is 13.0. The molecule has 0 aromatic heterocycles.